The summed E-state index contributed by atoms with van der Waals surface area (Å²) in [6.07, 6.45) is 0. The maximum absolute atomic E-state index is 12.5. The average molecular weight is 324 g/mol. The van der Waals surface area contributed by atoms with Gasteiger partial charge in [0.05, 0.1) is 5.69 Å². The van der Waals surface area contributed by atoms with Crippen LogP contribution >= 0.6 is 0 Å². The van der Waals surface area contributed by atoms with Crippen LogP contribution in [0.15, 0.2) is 48.5 Å². The molecule has 0 radical (unpaired) electrons. The zero-order chi connectivity index (χ0) is 16.9. The Morgan fingerprint density at radius 2 is 2.00 bits per heavy atom. The molecule has 1 amide bonds. The summed E-state index contributed by atoms with van der Waals surface area (Å²) in [4.78, 5) is 12.5. The molecule has 1 saturated heterocycles. The third-order valence-electron chi connectivity index (χ3n) is 4.57. The number of nitrogens with one attached hydrogen (secondary N) is 2. The zero-order valence-electron chi connectivity index (χ0n) is 14.2. The highest BCUT2D eigenvalue weighted by atomic mass is 16.5. The number of hydrogen-bond donors (Lipinski definition) is 2. The van der Waals surface area contributed by atoms with Crippen molar-refractivity contribution in [2.75, 3.05) is 18.4 Å². The van der Waals surface area contributed by atoms with Crippen LogP contribution in [0.4, 0.5) is 5.69 Å². The molecular formula is C20H24N2O2. The minimum Gasteiger partial charge on any atom is -0.487 e. The maximum atomic E-state index is 12.5. The Labute approximate surface area is 143 Å². The van der Waals surface area contributed by atoms with Gasteiger partial charge in [-0.2, -0.15) is 0 Å². The molecule has 24 heavy (non-hydrogen) atoms. The van der Waals surface area contributed by atoms with Crippen molar-refractivity contribution in [3.05, 3.63) is 59.7 Å². The molecule has 3 rings (SSSR count). The van der Waals surface area contributed by atoms with Crippen molar-refractivity contribution < 1.29 is 9.53 Å². The lowest BCUT2D eigenvalue weighted by molar-refractivity contribution is -0.121. The highest BCUT2D eigenvalue weighted by Gasteiger charge is 2.29. The van der Waals surface area contributed by atoms with Gasteiger partial charge in [0.25, 0.3) is 0 Å². The Balaban J connectivity index is 1.69. The molecule has 1 unspecified atom stereocenters. The summed E-state index contributed by atoms with van der Waals surface area (Å²) in [7, 11) is 0. The van der Waals surface area contributed by atoms with E-state index in [9.17, 15) is 4.79 Å². The first-order valence-electron chi connectivity index (χ1n) is 8.42. The fraction of sp³-hybridized carbons (Fsp3) is 0.350. The fourth-order valence-corrected chi connectivity index (χ4v) is 2.71. The number of anilines is 1. The third kappa shape index (κ3) is 3.95. The quantitative estimate of drug-likeness (QED) is 0.856. The van der Waals surface area contributed by atoms with Crippen molar-refractivity contribution in [2.24, 2.45) is 11.8 Å². The van der Waals surface area contributed by atoms with Crippen LogP contribution in [0.1, 0.15) is 18.1 Å². The highest BCUT2D eigenvalue weighted by molar-refractivity contribution is 5.94. The number of aryl methyl sites for hydroxylation is 1. The van der Waals surface area contributed by atoms with Gasteiger partial charge in [-0.3, -0.25) is 4.79 Å². The van der Waals surface area contributed by atoms with Gasteiger partial charge in [-0.15, -0.1) is 0 Å². The second kappa shape index (κ2) is 7.49. The van der Waals surface area contributed by atoms with Crippen LogP contribution in [0, 0.1) is 18.8 Å². The summed E-state index contributed by atoms with van der Waals surface area (Å²) in [6, 6.07) is 15.9. The van der Waals surface area contributed by atoms with Crippen LogP contribution in [0.25, 0.3) is 0 Å². The molecule has 4 heteroatoms. The summed E-state index contributed by atoms with van der Waals surface area (Å²) in [5, 5.41) is 6.24. The van der Waals surface area contributed by atoms with Gasteiger partial charge in [-0.25, -0.2) is 0 Å². The fourth-order valence-electron chi connectivity index (χ4n) is 2.71. The van der Waals surface area contributed by atoms with E-state index in [2.05, 4.69) is 10.6 Å². The third-order valence-corrected chi connectivity index (χ3v) is 4.57. The van der Waals surface area contributed by atoms with Crippen molar-refractivity contribution in [1.29, 1.82) is 0 Å². The number of carbonyl (C=O) groups excluding carboxylic acids is 1. The van der Waals surface area contributed by atoms with Gasteiger partial charge in [-0.05, 0) is 49.2 Å². The molecule has 0 bridgehead atoms. The van der Waals surface area contributed by atoms with Gasteiger partial charge in [0, 0.05) is 5.92 Å². The molecule has 2 aromatic rings. The number of benzene rings is 2. The molecule has 126 valence electrons. The standard InChI is InChI=1S/C20H24N2O2/c1-14-8-9-18(22-20(23)15(2)17-11-21-12-17)19(10-14)24-13-16-6-4-3-5-7-16/h3-10,15,17,21H,11-13H2,1-2H3,(H,22,23). The van der Waals surface area contributed by atoms with Crippen molar-refractivity contribution >= 4 is 11.6 Å². The Hall–Kier alpha value is -2.33. The predicted octanol–water partition coefficient (Wildman–Crippen LogP) is 3.37. The molecule has 1 heterocycles. The van der Waals surface area contributed by atoms with Crippen molar-refractivity contribution in [2.45, 2.75) is 20.5 Å². The summed E-state index contributed by atoms with van der Waals surface area (Å²) in [6.45, 7) is 6.32. The van der Waals surface area contributed by atoms with Crippen LogP contribution in [0.2, 0.25) is 0 Å². The van der Waals surface area contributed by atoms with Gasteiger partial charge < -0.3 is 15.4 Å². The van der Waals surface area contributed by atoms with E-state index in [1.54, 1.807) is 0 Å². The van der Waals surface area contributed by atoms with E-state index in [4.69, 9.17) is 4.74 Å². The Kier molecular flexibility index (Phi) is 5.16. The highest BCUT2D eigenvalue weighted by Crippen LogP contribution is 2.28. The van der Waals surface area contributed by atoms with Crippen LogP contribution in [0.5, 0.6) is 5.75 Å². The molecule has 4 nitrogen and oxygen atoms in total. The van der Waals surface area contributed by atoms with E-state index in [0.717, 1.165) is 29.9 Å². The second-order valence-electron chi connectivity index (χ2n) is 6.47. The minimum absolute atomic E-state index is 0.00507. The van der Waals surface area contributed by atoms with Crippen molar-refractivity contribution in [3.63, 3.8) is 0 Å². The lowest BCUT2D eigenvalue weighted by atomic mass is 9.88. The second-order valence-corrected chi connectivity index (χ2v) is 6.47. The lowest BCUT2D eigenvalue weighted by Crippen LogP contribution is -2.48. The number of hydrogen-bond acceptors (Lipinski definition) is 3. The number of amides is 1. The average Bonchev–Trinajstić information content (AvgIpc) is 2.54. The minimum atomic E-state index is -0.00507. The SMILES string of the molecule is Cc1ccc(NC(=O)C(C)C2CNC2)c(OCc2ccccc2)c1. The summed E-state index contributed by atoms with van der Waals surface area (Å²) >= 11 is 0. The van der Waals surface area contributed by atoms with Crippen molar-refractivity contribution in [3.8, 4) is 5.75 Å². The number of ether oxygens (including phenoxy) is 1. The Bertz CT molecular complexity index is 696. The first-order chi connectivity index (χ1) is 11.6. The van der Waals surface area contributed by atoms with E-state index in [1.165, 1.54) is 0 Å². The molecule has 0 saturated carbocycles. The molecule has 2 aromatic carbocycles. The molecule has 0 aromatic heterocycles. The van der Waals surface area contributed by atoms with Crippen LogP contribution in [-0.4, -0.2) is 19.0 Å². The molecule has 0 aliphatic carbocycles. The summed E-state index contributed by atoms with van der Waals surface area (Å²) < 4.78 is 5.96. The summed E-state index contributed by atoms with van der Waals surface area (Å²) in [5.74, 6) is 1.18. The van der Waals surface area contributed by atoms with Gasteiger partial charge >= 0.3 is 0 Å². The molecule has 1 aliphatic heterocycles. The molecule has 1 aliphatic rings. The largest absolute Gasteiger partial charge is 0.487 e. The van der Waals surface area contributed by atoms with Crippen molar-refractivity contribution in [1.82, 2.24) is 5.32 Å². The normalized spacial score (nSPS) is 15.4. The Morgan fingerprint density at radius 3 is 2.67 bits per heavy atom. The first kappa shape index (κ1) is 16.5. The van der Waals surface area contributed by atoms with E-state index in [1.807, 2.05) is 62.4 Å². The Morgan fingerprint density at radius 1 is 1.25 bits per heavy atom. The number of carbonyl (C=O) groups is 1. The predicted molar refractivity (Wildman–Crippen MR) is 96.1 cm³/mol. The van der Waals surface area contributed by atoms with Gasteiger partial charge in [-0.1, -0.05) is 43.3 Å². The lowest BCUT2D eigenvalue weighted by Gasteiger charge is -2.31. The van der Waals surface area contributed by atoms with Gasteiger partial charge in [0.2, 0.25) is 5.91 Å². The van der Waals surface area contributed by atoms with E-state index in [-0.39, 0.29) is 11.8 Å². The molecule has 1 fully saturated rings. The molecule has 0 spiro atoms. The van der Waals surface area contributed by atoms with Crippen LogP contribution in [0.3, 0.4) is 0 Å². The van der Waals surface area contributed by atoms with E-state index in [0.29, 0.717) is 18.3 Å². The molecule has 2 N–H and O–H groups in total. The van der Waals surface area contributed by atoms with Gasteiger partial charge in [0.15, 0.2) is 0 Å². The van der Waals surface area contributed by atoms with Crippen LogP contribution < -0.4 is 15.4 Å². The topological polar surface area (TPSA) is 50.4 Å². The smallest absolute Gasteiger partial charge is 0.227 e. The number of rotatable bonds is 6. The monoisotopic (exact) mass is 324 g/mol. The van der Waals surface area contributed by atoms with E-state index < -0.39 is 0 Å². The molecule has 1 atom stereocenters. The molecular weight excluding hydrogens is 300 g/mol. The van der Waals surface area contributed by atoms with Crippen LogP contribution in [-0.2, 0) is 11.4 Å². The first-order valence-corrected chi connectivity index (χ1v) is 8.42. The maximum Gasteiger partial charge on any atom is 0.227 e. The summed E-state index contributed by atoms with van der Waals surface area (Å²) in [5.41, 5.74) is 2.94. The zero-order valence-corrected chi connectivity index (χ0v) is 14.2. The van der Waals surface area contributed by atoms with E-state index >= 15 is 0 Å². The van der Waals surface area contributed by atoms with Gasteiger partial charge in [0.1, 0.15) is 12.4 Å².